The molecule has 5 nitrogen and oxygen atoms in total. The van der Waals surface area contributed by atoms with Gasteiger partial charge in [-0.3, -0.25) is 4.79 Å². The lowest BCUT2D eigenvalue weighted by atomic mass is 10.1. The molecule has 0 saturated heterocycles. The third-order valence-electron chi connectivity index (χ3n) is 3.65. The molecule has 0 spiro atoms. The predicted molar refractivity (Wildman–Crippen MR) is 94.2 cm³/mol. The molecule has 0 aromatic heterocycles. The summed E-state index contributed by atoms with van der Waals surface area (Å²) in [7, 11) is 1.61. The van der Waals surface area contributed by atoms with Crippen molar-refractivity contribution in [3.63, 3.8) is 0 Å². The molecule has 0 aliphatic carbocycles. The Balaban J connectivity index is 1.90. The zero-order valence-electron chi connectivity index (χ0n) is 14.1. The maximum Gasteiger partial charge on any atom is 0.220 e. The Kier molecular flexibility index (Phi) is 6.63. The molecule has 2 aromatic rings. The highest BCUT2D eigenvalue weighted by Crippen LogP contribution is 2.30. The van der Waals surface area contributed by atoms with Crippen LogP contribution in [0.3, 0.4) is 0 Å². The summed E-state index contributed by atoms with van der Waals surface area (Å²) in [6, 6.07) is 15.1. The van der Waals surface area contributed by atoms with Crippen molar-refractivity contribution in [2.45, 2.75) is 19.9 Å². The van der Waals surface area contributed by atoms with Crippen LogP contribution >= 0.6 is 0 Å². The molecule has 2 rings (SSSR count). The Morgan fingerprint density at radius 3 is 2.42 bits per heavy atom. The number of para-hydroxylation sites is 2. The van der Waals surface area contributed by atoms with Gasteiger partial charge in [0.1, 0.15) is 5.75 Å². The summed E-state index contributed by atoms with van der Waals surface area (Å²) in [6.07, 6.45) is 0.450. The second-order valence-electron chi connectivity index (χ2n) is 5.72. The van der Waals surface area contributed by atoms with Gasteiger partial charge in [-0.05, 0) is 42.3 Å². The van der Waals surface area contributed by atoms with E-state index >= 15 is 0 Å². The molecule has 0 heterocycles. The van der Waals surface area contributed by atoms with Crippen LogP contribution in [-0.2, 0) is 11.3 Å². The highest BCUT2D eigenvalue weighted by molar-refractivity contribution is 5.76. The monoisotopic (exact) mass is 328 g/mol. The highest BCUT2D eigenvalue weighted by atomic mass is 16.5. The first kappa shape index (κ1) is 17.8. The zero-order chi connectivity index (χ0) is 17.4. The van der Waals surface area contributed by atoms with Gasteiger partial charge < -0.3 is 20.5 Å². The predicted octanol–water partition coefficient (Wildman–Crippen LogP) is 3.09. The molecule has 5 heteroatoms. The molecule has 24 heavy (non-hydrogen) atoms. The molecule has 0 aliphatic rings. The number of carbonyl (C=O) groups excluding carboxylic acids is 1. The van der Waals surface area contributed by atoms with Gasteiger partial charge in [0, 0.05) is 13.0 Å². The van der Waals surface area contributed by atoms with E-state index in [4.69, 9.17) is 15.2 Å². The van der Waals surface area contributed by atoms with Crippen LogP contribution in [0.25, 0.3) is 0 Å². The van der Waals surface area contributed by atoms with Crippen molar-refractivity contribution in [3.05, 3.63) is 54.1 Å². The fourth-order valence-corrected chi connectivity index (χ4v) is 2.18. The first-order valence-corrected chi connectivity index (χ1v) is 7.99. The Morgan fingerprint density at radius 2 is 1.79 bits per heavy atom. The van der Waals surface area contributed by atoms with E-state index in [1.807, 2.05) is 55.5 Å². The maximum absolute atomic E-state index is 11.8. The van der Waals surface area contributed by atoms with Gasteiger partial charge in [0.15, 0.2) is 11.5 Å². The average Bonchev–Trinajstić information content (AvgIpc) is 2.61. The molecular weight excluding hydrogens is 304 g/mol. The van der Waals surface area contributed by atoms with E-state index in [2.05, 4.69) is 5.32 Å². The number of carbonyl (C=O) groups is 1. The van der Waals surface area contributed by atoms with Gasteiger partial charge in [0.25, 0.3) is 0 Å². The lowest BCUT2D eigenvalue weighted by Crippen LogP contribution is -2.26. The van der Waals surface area contributed by atoms with Crippen LogP contribution in [0.4, 0.5) is 0 Å². The quantitative estimate of drug-likeness (QED) is 0.781. The van der Waals surface area contributed by atoms with Crippen LogP contribution in [0, 0.1) is 5.92 Å². The van der Waals surface area contributed by atoms with Crippen LogP contribution in [-0.4, -0.2) is 19.6 Å². The summed E-state index contributed by atoms with van der Waals surface area (Å²) < 4.78 is 11.1. The van der Waals surface area contributed by atoms with E-state index < -0.39 is 0 Å². The van der Waals surface area contributed by atoms with E-state index in [0.717, 1.165) is 5.56 Å². The fraction of sp³-hybridized carbons (Fsp3) is 0.316. The van der Waals surface area contributed by atoms with Crippen LogP contribution in [0.2, 0.25) is 0 Å². The molecule has 0 fully saturated rings. The lowest BCUT2D eigenvalue weighted by Gasteiger charge is -2.11. The molecular formula is C19H24N2O3. The third kappa shape index (κ3) is 5.28. The van der Waals surface area contributed by atoms with Crippen LogP contribution in [0.1, 0.15) is 18.9 Å². The first-order valence-electron chi connectivity index (χ1n) is 7.99. The average molecular weight is 328 g/mol. The Hall–Kier alpha value is -2.53. The van der Waals surface area contributed by atoms with Gasteiger partial charge in [-0.25, -0.2) is 0 Å². The second-order valence-corrected chi connectivity index (χ2v) is 5.72. The van der Waals surface area contributed by atoms with Crippen molar-refractivity contribution in [3.8, 4) is 17.2 Å². The van der Waals surface area contributed by atoms with Crippen molar-refractivity contribution in [1.29, 1.82) is 0 Å². The van der Waals surface area contributed by atoms with E-state index in [1.54, 1.807) is 7.11 Å². The van der Waals surface area contributed by atoms with Gasteiger partial charge in [-0.1, -0.05) is 31.2 Å². The van der Waals surface area contributed by atoms with Crippen LogP contribution in [0.15, 0.2) is 48.5 Å². The van der Waals surface area contributed by atoms with E-state index in [-0.39, 0.29) is 11.8 Å². The molecule has 128 valence electrons. The molecule has 2 aromatic carbocycles. The number of amides is 1. The van der Waals surface area contributed by atoms with Gasteiger partial charge in [-0.2, -0.15) is 0 Å². The smallest absolute Gasteiger partial charge is 0.220 e. The maximum atomic E-state index is 11.8. The molecule has 0 bridgehead atoms. The first-order chi connectivity index (χ1) is 11.6. The van der Waals surface area contributed by atoms with Crippen molar-refractivity contribution in [1.82, 2.24) is 5.32 Å². The number of ether oxygens (including phenoxy) is 2. The van der Waals surface area contributed by atoms with Crippen molar-refractivity contribution in [2.24, 2.45) is 11.7 Å². The normalized spacial score (nSPS) is 11.6. The molecule has 0 saturated carbocycles. The SMILES string of the molecule is COc1ccccc1Oc1ccc(CNC(=O)CC(C)CN)cc1. The van der Waals surface area contributed by atoms with Gasteiger partial charge in [0.2, 0.25) is 5.91 Å². The standard InChI is InChI=1S/C19H24N2O3/c1-14(12-20)11-19(22)21-13-15-7-9-16(10-8-15)24-18-6-4-3-5-17(18)23-2/h3-10,14H,11-13,20H2,1-2H3,(H,21,22). The summed E-state index contributed by atoms with van der Waals surface area (Å²) in [6.45, 7) is 2.97. The molecule has 1 atom stereocenters. The summed E-state index contributed by atoms with van der Waals surface area (Å²) in [5.41, 5.74) is 6.54. The molecule has 0 aliphatic heterocycles. The summed E-state index contributed by atoms with van der Waals surface area (Å²) in [4.78, 5) is 11.8. The lowest BCUT2D eigenvalue weighted by molar-refractivity contribution is -0.122. The van der Waals surface area contributed by atoms with E-state index in [0.29, 0.717) is 36.8 Å². The second kappa shape index (κ2) is 8.93. The van der Waals surface area contributed by atoms with Gasteiger partial charge >= 0.3 is 0 Å². The molecule has 1 unspecified atom stereocenters. The van der Waals surface area contributed by atoms with Crippen molar-refractivity contribution in [2.75, 3.05) is 13.7 Å². The number of hydrogen-bond acceptors (Lipinski definition) is 4. The zero-order valence-corrected chi connectivity index (χ0v) is 14.1. The number of methoxy groups -OCH3 is 1. The summed E-state index contributed by atoms with van der Waals surface area (Å²) in [5, 5.41) is 2.90. The Labute approximate surface area is 142 Å². The molecule has 3 N–H and O–H groups in total. The van der Waals surface area contributed by atoms with Gasteiger partial charge in [-0.15, -0.1) is 0 Å². The van der Waals surface area contributed by atoms with Crippen LogP contribution < -0.4 is 20.5 Å². The topological polar surface area (TPSA) is 73.6 Å². The van der Waals surface area contributed by atoms with E-state index in [1.165, 1.54) is 0 Å². The third-order valence-corrected chi connectivity index (χ3v) is 3.65. The van der Waals surface area contributed by atoms with Crippen molar-refractivity contribution < 1.29 is 14.3 Å². The largest absolute Gasteiger partial charge is 0.493 e. The number of rotatable bonds is 8. The highest BCUT2D eigenvalue weighted by Gasteiger charge is 2.07. The molecule has 0 radical (unpaired) electrons. The number of nitrogens with two attached hydrogens (primary N) is 1. The minimum atomic E-state index is 0.0160. The Bertz CT molecular complexity index is 656. The number of hydrogen-bond donors (Lipinski definition) is 2. The Morgan fingerprint density at radius 1 is 1.12 bits per heavy atom. The van der Waals surface area contributed by atoms with Crippen LogP contribution in [0.5, 0.6) is 17.2 Å². The fourth-order valence-electron chi connectivity index (χ4n) is 2.18. The number of benzene rings is 2. The minimum absolute atomic E-state index is 0.0160. The van der Waals surface area contributed by atoms with Crippen molar-refractivity contribution >= 4 is 5.91 Å². The molecule has 1 amide bonds. The summed E-state index contributed by atoms with van der Waals surface area (Å²) in [5.74, 6) is 2.27. The van der Waals surface area contributed by atoms with Gasteiger partial charge in [0.05, 0.1) is 7.11 Å². The minimum Gasteiger partial charge on any atom is -0.493 e. The number of nitrogens with one attached hydrogen (secondary N) is 1. The van der Waals surface area contributed by atoms with E-state index in [9.17, 15) is 4.79 Å². The summed E-state index contributed by atoms with van der Waals surface area (Å²) >= 11 is 0.